The maximum Gasteiger partial charge on any atom is 0.340 e. The molecule has 1 aliphatic heterocycles. The van der Waals surface area contributed by atoms with Crippen LogP contribution in [0.15, 0.2) is 65.4 Å². The number of carbonyl (C=O) groups is 2. The van der Waals surface area contributed by atoms with Gasteiger partial charge in [-0.05, 0) is 61.9 Å². The molecule has 0 atom stereocenters. The molecule has 1 aliphatic rings. The van der Waals surface area contributed by atoms with Gasteiger partial charge in [-0.25, -0.2) is 4.79 Å². The molecule has 0 unspecified atom stereocenters. The van der Waals surface area contributed by atoms with E-state index in [0.29, 0.717) is 22.0 Å². The molecule has 0 bridgehead atoms. The molecule has 150 valence electrons. The highest BCUT2D eigenvalue weighted by Crippen LogP contribution is 2.36. The molecule has 5 nitrogen and oxygen atoms in total. The molecule has 0 N–H and O–H groups in total. The highest BCUT2D eigenvalue weighted by Gasteiger charge is 2.38. The third-order valence-electron chi connectivity index (χ3n) is 4.68. The lowest BCUT2D eigenvalue weighted by Crippen LogP contribution is -2.24. The van der Waals surface area contributed by atoms with E-state index in [9.17, 15) is 9.59 Å². The number of carbonyl (C=O) groups excluding carboxylic acids is 2. The summed E-state index contributed by atoms with van der Waals surface area (Å²) < 4.78 is 5.22. The Morgan fingerprint density at radius 1 is 1.10 bits per heavy atom. The van der Waals surface area contributed by atoms with Gasteiger partial charge in [0, 0.05) is 36.2 Å². The molecule has 0 fully saturated rings. The Balaban J connectivity index is 2.07. The molecule has 0 radical (unpaired) electrons. The van der Waals surface area contributed by atoms with Crippen LogP contribution in [0.3, 0.4) is 0 Å². The average Bonchev–Trinajstić information content (AvgIpc) is 2.93. The van der Waals surface area contributed by atoms with Crippen LogP contribution in [0, 0.1) is 0 Å². The first-order valence-corrected chi connectivity index (χ1v) is 9.68. The van der Waals surface area contributed by atoms with Gasteiger partial charge in [-0.15, -0.1) is 0 Å². The summed E-state index contributed by atoms with van der Waals surface area (Å²) in [7, 11) is 3.92. The number of nitrogens with zero attached hydrogens (tertiary/aromatic N) is 2. The predicted octanol–water partition coefficient (Wildman–Crippen LogP) is 4.67. The van der Waals surface area contributed by atoms with Gasteiger partial charge in [0.15, 0.2) is 0 Å². The maximum absolute atomic E-state index is 13.3. The lowest BCUT2D eigenvalue weighted by molar-refractivity contribution is -0.138. The van der Waals surface area contributed by atoms with Crippen LogP contribution < -0.4 is 9.80 Å². The van der Waals surface area contributed by atoms with E-state index in [0.717, 1.165) is 11.3 Å². The van der Waals surface area contributed by atoms with E-state index < -0.39 is 5.97 Å². The van der Waals surface area contributed by atoms with Gasteiger partial charge in [0.05, 0.1) is 17.8 Å². The zero-order chi connectivity index (χ0) is 21.1. The second-order valence-electron chi connectivity index (χ2n) is 6.84. The molecule has 0 aliphatic carbocycles. The molecule has 2 aromatic rings. The number of rotatable bonds is 5. The molecular weight excluding hydrogens is 388 g/mol. The van der Waals surface area contributed by atoms with E-state index in [-0.39, 0.29) is 18.1 Å². The molecule has 6 heteroatoms. The molecule has 1 heterocycles. The van der Waals surface area contributed by atoms with E-state index in [2.05, 4.69) is 0 Å². The maximum atomic E-state index is 13.3. The molecule has 3 rings (SSSR count). The Morgan fingerprint density at radius 3 is 2.28 bits per heavy atom. The fraction of sp³-hybridized carbons (Fsp3) is 0.217. The molecule has 0 saturated heterocycles. The SMILES string of the molecule is CCOC(=O)C1=C(C)N(c2ccc(Cl)cc2)C(=O)/C1=C\c1ccc(N(C)C)cc1. The van der Waals surface area contributed by atoms with Crippen LogP contribution in [-0.4, -0.2) is 32.6 Å². The number of hydrogen-bond acceptors (Lipinski definition) is 4. The quantitative estimate of drug-likeness (QED) is 0.530. The standard InChI is InChI=1S/C23H23ClN2O3/c1-5-29-23(28)21-15(2)26(19-12-8-17(24)9-13-19)22(27)20(21)14-16-6-10-18(11-7-16)25(3)4/h6-14H,5H2,1-4H3/b20-14-. The van der Waals surface area contributed by atoms with Gasteiger partial charge in [-0.2, -0.15) is 0 Å². The summed E-state index contributed by atoms with van der Waals surface area (Å²) in [5, 5.41) is 0.574. The minimum absolute atomic E-state index is 0.232. The molecular formula is C23H23ClN2O3. The number of ether oxygens (including phenoxy) is 1. The summed E-state index contributed by atoms with van der Waals surface area (Å²) in [6, 6.07) is 14.7. The summed E-state index contributed by atoms with van der Waals surface area (Å²) in [5.74, 6) is -0.782. The number of benzene rings is 2. The minimum atomic E-state index is -0.508. The van der Waals surface area contributed by atoms with E-state index >= 15 is 0 Å². The van der Waals surface area contributed by atoms with Crippen molar-refractivity contribution in [2.24, 2.45) is 0 Å². The Morgan fingerprint density at radius 2 is 1.72 bits per heavy atom. The van der Waals surface area contributed by atoms with Crippen molar-refractivity contribution < 1.29 is 14.3 Å². The van der Waals surface area contributed by atoms with Crippen LogP contribution in [0.4, 0.5) is 11.4 Å². The first-order chi connectivity index (χ1) is 13.8. The van der Waals surface area contributed by atoms with Crippen molar-refractivity contribution >= 4 is 40.9 Å². The van der Waals surface area contributed by atoms with Crippen LogP contribution in [-0.2, 0) is 14.3 Å². The molecule has 1 amide bonds. The Bertz CT molecular complexity index is 990. The van der Waals surface area contributed by atoms with Crippen molar-refractivity contribution in [2.75, 3.05) is 30.5 Å². The van der Waals surface area contributed by atoms with E-state index in [1.54, 1.807) is 44.2 Å². The number of amides is 1. The largest absolute Gasteiger partial charge is 0.462 e. The lowest BCUT2D eigenvalue weighted by Gasteiger charge is -2.18. The molecule has 0 aromatic heterocycles. The zero-order valence-corrected chi connectivity index (χ0v) is 17.7. The van der Waals surface area contributed by atoms with Gasteiger partial charge >= 0.3 is 5.97 Å². The zero-order valence-electron chi connectivity index (χ0n) is 16.9. The van der Waals surface area contributed by atoms with Crippen molar-refractivity contribution in [3.05, 3.63) is 76.0 Å². The van der Waals surface area contributed by atoms with Gasteiger partial charge in [0.2, 0.25) is 0 Å². The summed E-state index contributed by atoms with van der Waals surface area (Å²) in [6.07, 6.45) is 1.73. The van der Waals surface area contributed by atoms with Crippen molar-refractivity contribution in [1.82, 2.24) is 0 Å². The summed E-state index contributed by atoms with van der Waals surface area (Å²) >= 11 is 5.98. The highest BCUT2D eigenvalue weighted by atomic mass is 35.5. The Hall–Kier alpha value is -3.05. The van der Waals surface area contributed by atoms with Gasteiger partial charge in [-0.3, -0.25) is 9.69 Å². The van der Waals surface area contributed by atoms with Gasteiger partial charge in [0.25, 0.3) is 5.91 Å². The topological polar surface area (TPSA) is 49.9 Å². The van der Waals surface area contributed by atoms with E-state index in [1.165, 1.54) is 4.90 Å². The number of halogens is 1. The Labute approximate surface area is 175 Å². The number of allylic oxidation sites excluding steroid dienone is 1. The van der Waals surface area contributed by atoms with Crippen LogP contribution in [0.5, 0.6) is 0 Å². The second kappa shape index (κ2) is 8.53. The van der Waals surface area contributed by atoms with Gasteiger partial charge in [-0.1, -0.05) is 23.7 Å². The van der Waals surface area contributed by atoms with Crippen molar-refractivity contribution in [3.63, 3.8) is 0 Å². The molecule has 0 saturated carbocycles. The second-order valence-corrected chi connectivity index (χ2v) is 7.28. The van der Waals surface area contributed by atoms with E-state index in [1.807, 2.05) is 43.3 Å². The minimum Gasteiger partial charge on any atom is -0.462 e. The number of esters is 1. The first kappa shape index (κ1) is 20.7. The summed E-state index contributed by atoms with van der Waals surface area (Å²) in [5.41, 5.74) is 3.64. The normalized spacial score (nSPS) is 15.3. The number of hydrogen-bond donors (Lipinski definition) is 0. The van der Waals surface area contributed by atoms with Gasteiger partial charge in [0.1, 0.15) is 0 Å². The monoisotopic (exact) mass is 410 g/mol. The summed E-state index contributed by atoms with van der Waals surface area (Å²) in [6.45, 7) is 3.72. The van der Waals surface area contributed by atoms with Crippen LogP contribution in [0.1, 0.15) is 19.4 Å². The molecule has 0 spiro atoms. The predicted molar refractivity (Wildman–Crippen MR) is 117 cm³/mol. The first-order valence-electron chi connectivity index (χ1n) is 9.31. The number of anilines is 2. The fourth-order valence-corrected chi connectivity index (χ4v) is 3.34. The fourth-order valence-electron chi connectivity index (χ4n) is 3.22. The third-order valence-corrected chi connectivity index (χ3v) is 4.94. The third kappa shape index (κ3) is 4.20. The van der Waals surface area contributed by atoms with Crippen molar-refractivity contribution in [2.45, 2.75) is 13.8 Å². The average molecular weight is 411 g/mol. The highest BCUT2D eigenvalue weighted by molar-refractivity contribution is 6.30. The molecule has 2 aromatic carbocycles. The summed E-state index contributed by atoms with van der Waals surface area (Å²) in [4.78, 5) is 29.4. The smallest absolute Gasteiger partial charge is 0.340 e. The van der Waals surface area contributed by atoms with E-state index in [4.69, 9.17) is 16.3 Å². The van der Waals surface area contributed by atoms with Gasteiger partial charge < -0.3 is 9.64 Å². The van der Waals surface area contributed by atoms with Crippen LogP contribution in [0.25, 0.3) is 6.08 Å². The van der Waals surface area contributed by atoms with Crippen LogP contribution in [0.2, 0.25) is 5.02 Å². The lowest BCUT2D eigenvalue weighted by atomic mass is 10.0. The molecule has 29 heavy (non-hydrogen) atoms. The van der Waals surface area contributed by atoms with Crippen molar-refractivity contribution in [1.29, 1.82) is 0 Å². The Kier molecular flexibility index (Phi) is 6.09. The van der Waals surface area contributed by atoms with Crippen LogP contribution >= 0.6 is 11.6 Å². The van der Waals surface area contributed by atoms with Crippen molar-refractivity contribution in [3.8, 4) is 0 Å².